The number of nitrogens with zero attached hydrogens (tertiary/aromatic N) is 3. The van der Waals surface area contributed by atoms with Gasteiger partial charge in [0.1, 0.15) is 5.75 Å². The molecule has 2 amide bonds. The van der Waals surface area contributed by atoms with Crippen LogP contribution in [0.3, 0.4) is 0 Å². The summed E-state index contributed by atoms with van der Waals surface area (Å²) in [6.07, 6.45) is 0. The molecule has 4 aromatic rings. The van der Waals surface area contributed by atoms with E-state index in [4.69, 9.17) is 4.74 Å². The number of carbonyl (C=O) groups excluding carboxylic acids is 2. The maximum atomic E-state index is 12.7. The lowest BCUT2D eigenvalue weighted by Gasteiger charge is -2.14. The maximum absolute atomic E-state index is 12.7. The van der Waals surface area contributed by atoms with E-state index in [0.29, 0.717) is 16.7 Å². The summed E-state index contributed by atoms with van der Waals surface area (Å²) in [6, 6.07) is 24.9. The lowest BCUT2D eigenvalue weighted by atomic mass is 10.1. The summed E-state index contributed by atoms with van der Waals surface area (Å²) >= 11 is 4.59. The molecule has 10 heteroatoms. The second-order valence-corrected chi connectivity index (χ2v) is 10.1. The van der Waals surface area contributed by atoms with E-state index in [2.05, 4.69) is 37.0 Å². The Balaban J connectivity index is 1.41. The number of thioether (sulfide) groups is 1. The third-order valence-corrected chi connectivity index (χ3v) is 6.69. The molecule has 0 saturated heterocycles. The van der Waals surface area contributed by atoms with Gasteiger partial charge in [-0.2, -0.15) is 0 Å². The van der Waals surface area contributed by atoms with Crippen molar-refractivity contribution in [3.63, 3.8) is 0 Å². The van der Waals surface area contributed by atoms with Crippen LogP contribution in [-0.2, 0) is 9.59 Å². The Kier molecular flexibility index (Phi) is 8.40. The van der Waals surface area contributed by atoms with Gasteiger partial charge in [-0.05, 0) is 50.2 Å². The van der Waals surface area contributed by atoms with Gasteiger partial charge >= 0.3 is 0 Å². The first-order valence-electron chi connectivity index (χ1n) is 11.1. The number of para-hydroxylation sites is 1. The average Bonchev–Trinajstić information content (AvgIpc) is 3.31. The predicted octanol–water partition coefficient (Wildman–Crippen LogP) is 4.71. The largest absolute Gasteiger partial charge is 0.484 e. The number of aromatic nitrogens is 3. The van der Waals surface area contributed by atoms with Crippen LogP contribution < -0.4 is 15.6 Å². The van der Waals surface area contributed by atoms with Gasteiger partial charge in [-0.15, -0.1) is 10.2 Å². The third kappa shape index (κ3) is 6.52. The second-order valence-electron chi connectivity index (χ2n) is 7.88. The Hall–Kier alpha value is -3.63. The van der Waals surface area contributed by atoms with Gasteiger partial charge in [0.25, 0.3) is 11.8 Å². The summed E-state index contributed by atoms with van der Waals surface area (Å²) in [7, 11) is 0. The van der Waals surface area contributed by atoms with Crippen molar-refractivity contribution in [2.45, 2.75) is 24.3 Å². The van der Waals surface area contributed by atoms with Crippen LogP contribution >= 0.6 is 27.7 Å². The van der Waals surface area contributed by atoms with Crippen LogP contribution in [0.5, 0.6) is 5.75 Å². The Labute approximate surface area is 221 Å². The van der Waals surface area contributed by atoms with Gasteiger partial charge in [-0.25, -0.2) is 0 Å². The molecule has 1 heterocycles. The monoisotopic (exact) mass is 565 g/mol. The first-order chi connectivity index (χ1) is 17.4. The quantitative estimate of drug-likeness (QED) is 0.237. The van der Waals surface area contributed by atoms with Crippen LogP contribution in [0.4, 0.5) is 0 Å². The molecule has 1 aromatic heterocycles. The van der Waals surface area contributed by atoms with Gasteiger partial charge < -0.3 is 4.74 Å². The van der Waals surface area contributed by atoms with Crippen molar-refractivity contribution in [2.24, 2.45) is 0 Å². The highest BCUT2D eigenvalue weighted by molar-refractivity contribution is 9.10. The van der Waals surface area contributed by atoms with Crippen molar-refractivity contribution in [3.05, 3.63) is 88.9 Å². The number of halogens is 1. The minimum Gasteiger partial charge on any atom is -0.484 e. The van der Waals surface area contributed by atoms with Crippen molar-refractivity contribution in [2.75, 3.05) is 6.61 Å². The minimum atomic E-state index is -0.560. The summed E-state index contributed by atoms with van der Waals surface area (Å²) < 4.78 is 8.25. The molecular weight excluding hydrogens is 542 g/mol. The van der Waals surface area contributed by atoms with Gasteiger partial charge in [0.15, 0.2) is 17.6 Å². The van der Waals surface area contributed by atoms with E-state index in [9.17, 15) is 9.59 Å². The van der Waals surface area contributed by atoms with Gasteiger partial charge in [0.05, 0.1) is 5.25 Å². The summed E-state index contributed by atoms with van der Waals surface area (Å²) in [5.41, 5.74) is 7.78. The highest BCUT2D eigenvalue weighted by Gasteiger charge is 2.22. The highest BCUT2D eigenvalue weighted by Crippen LogP contribution is 2.30. The van der Waals surface area contributed by atoms with Crippen LogP contribution in [0, 0.1) is 6.92 Å². The minimum absolute atomic E-state index is 0.230. The van der Waals surface area contributed by atoms with Gasteiger partial charge in [-0.1, -0.05) is 75.7 Å². The van der Waals surface area contributed by atoms with E-state index in [0.717, 1.165) is 21.3 Å². The summed E-state index contributed by atoms with van der Waals surface area (Å²) in [5, 5.41) is 8.77. The zero-order valence-electron chi connectivity index (χ0n) is 19.6. The summed E-state index contributed by atoms with van der Waals surface area (Å²) in [4.78, 5) is 24.8. The van der Waals surface area contributed by atoms with Crippen molar-refractivity contribution in [1.82, 2.24) is 25.6 Å². The Morgan fingerprint density at radius 3 is 2.36 bits per heavy atom. The number of ether oxygens (including phenoxy) is 1. The number of benzene rings is 3. The lowest BCUT2D eigenvalue weighted by Crippen LogP contribution is -2.46. The molecule has 3 aromatic carbocycles. The second kappa shape index (κ2) is 11.9. The number of carbonyl (C=O) groups is 2. The SMILES string of the molecule is Cc1ccc(-c2nnc(S[C@H](C)C(=O)NNC(=O)COc3ccc(Br)cc3)n2-c2ccccc2)cc1. The molecule has 0 bridgehead atoms. The number of aryl methyl sites for hydroxylation is 1. The number of nitrogens with one attached hydrogen (secondary N) is 2. The number of hydrogen-bond donors (Lipinski definition) is 2. The fourth-order valence-electron chi connectivity index (χ4n) is 3.21. The van der Waals surface area contributed by atoms with E-state index in [1.807, 2.05) is 78.2 Å². The summed E-state index contributed by atoms with van der Waals surface area (Å²) in [6.45, 7) is 3.53. The van der Waals surface area contributed by atoms with Crippen LogP contribution in [0.25, 0.3) is 17.1 Å². The number of amides is 2. The van der Waals surface area contributed by atoms with E-state index < -0.39 is 11.2 Å². The highest BCUT2D eigenvalue weighted by atomic mass is 79.9. The molecule has 0 aliphatic carbocycles. The zero-order chi connectivity index (χ0) is 25.5. The molecule has 36 heavy (non-hydrogen) atoms. The Bertz CT molecular complexity index is 1330. The van der Waals surface area contributed by atoms with E-state index in [-0.39, 0.29) is 12.5 Å². The number of hydrazine groups is 1. The van der Waals surface area contributed by atoms with E-state index in [1.165, 1.54) is 11.8 Å². The molecule has 0 fully saturated rings. The topological polar surface area (TPSA) is 98.1 Å². The average molecular weight is 566 g/mol. The first-order valence-corrected chi connectivity index (χ1v) is 12.8. The Morgan fingerprint density at radius 1 is 0.972 bits per heavy atom. The number of hydrogen-bond acceptors (Lipinski definition) is 6. The fraction of sp³-hybridized carbons (Fsp3) is 0.154. The van der Waals surface area contributed by atoms with Crippen molar-refractivity contribution in [3.8, 4) is 22.8 Å². The predicted molar refractivity (Wildman–Crippen MR) is 143 cm³/mol. The maximum Gasteiger partial charge on any atom is 0.276 e. The summed E-state index contributed by atoms with van der Waals surface area (Å²) in [5.74, 6) is 0.372. The Morgan fingerprint density at radius 2 is 1.67 bits per heavy atom. The zero-order valence-corrected chi connectivity index (χ0v) is 22.0. The van der Waals surface area contributed by atoms with Crippen molar-refractivity contribution >= 4 is 39.5 Å². The van der Waals surface area contributed by atoms with Crippen LogP contribution in [0.15, 0.2) is 88.5 Å². The van der Waals surface area contributed by atoms with Crippen LogP contribution in [0.2, 0.25) is 0 Å². The third-order valence-electron chi connectivity index (χ3n) is 5.12. The molecule has 2 N–H and O–H groups in total. The van der Waals surface area contributed by atoms with Gasteiger partial charge in [0, 0.05) is 15.7 Å². The molecule has 0 spiro atoms. The molecule has 0 saturated carbocycles. The molecular formula is C26H24BrN5O3S. The molecule has 0 aliphatic heterocycles. The van der Waals surface area contributed by atoms with Gasteiger partial charge in [-0.3, -0.25) is 25.0 Å². The standard InChI is InChI=1S/C26H24BrN5O3S/c1-17-8-10-19(11-9-17)24-29-31-26(32(24)21-6-4-3-5-7-21)36-18(2)25(34)30-28-23(33)16-35-22-14-12-20(27)13-15-22/h3-15,18H,16H2,1-2H3,(H,28,33)(H,30,34)/t18-/m1/s1. The fourth-order valence-corrected chi connectivity index (χ4v) is 4.34. The lowest BCUT2D eigenvalue weighted by molar-refractivity contribution is -0.129. The van der Waals surface area contributed by atoms with Gasteiger partial charge in [0.2, 0.25) is 0 Å². The molecule has 0 radical (unpaired) electrons. The van der Waals surface area contributed by atoms with Crippen LogP contribution in [-0.4, -0.2) is 38.4 Å². The van der Waals surface area contributed by atoms with E-state index >= 15 is 0 Å². The number of rotatable bonds is 8. The molecule has 4 rings (SSSR count). The molecule has 8 nitrogen and oxygen atoms in total. The van der Waals surface area contributed by atoms with Crippen molar-refractivity contribution < 1.29 is 14.3 Å². The normalized spacial score (nSPS) is 11.5. The van der Waals surface area contributed by atoms with Crippen LogP contribution in [0.1, 0.15) is 12.5 Å². The molecule has 0 unspecified atom stereocenters. The molecule has 184 valence electrons. The first kappa shape index (κ1) is 25.5. The molecule has 0 aliphatic rings. The molecule has 1 atom stereocenters. The van der Waals surface area contributed by atoms with E-state index in [1.54, 1.807) is 19.1 Å². The smallest absolute Gasteiger partial charge is 0.276 e. The van der Waals surface area contributed by atoms with Crippen molar-refractivity contribution in [1.29, 1.82) is 0 Å².